The van der Waals surface area contributed by atoms with Gasteiger partial charge in [0.15, 0.2) is 16.4 Å². The number of Topliss-reactive ketones (excluding diaryl/α,β-unsaturated/α-hetero) is 2. The van der Waals surface area contributed by atoms with Crippen LogP contribution in [0.2, 0.25) is 0 Å². The van der Waals surface area contributed by atoms with E-state index in [4.69, 9.17) is 16.7 Å². The third-order valence-corrected chi connectivity index (χ3v) is 2.29. The fourth-order valence-corrected chi connectivity index (χ4v) is 0.839. The van der Waals surface area contributed by atoms with E-state index in [1.807, 2.05) is 0 Å². The molecule has 0 aliphatic heterocycles. The van der Waals surface area contributed by atoms with Crippen molar-refractivity contribution in [3.8, 4) is 0 Å². The van der Waals surface area contributed by atoms with Crippen LogP contribution in [0.1, 0.15) is 20.3 Å². The first kappa shape index (κ1) is 10.6. The first-order valence-electron chi connectivity index (χ1n) is 3.27. The van der Waals surface area contributed by atoms with E-state index in [0.29, 0.717) is 0 Å². The molecule has 0 saturated heterocycles. The highest BCUT2D eigenvalue weighted by atomic mass is 35.5. The van der Waals surface area contributed by atoms with E-state index in [0.717, 1.165) is 0 Å². The quantitative estimate of drug-likeness (QED) is 0.505. The maximum absolute atomic E-state index is 10.8. The van der Waals surface area contributed by atoms with Gasteiger partial charge in [-0.2, -0.15) is 0 Å². The summed E-state index contributed by atoms with van der Waals surface area (Å²) < 4.78 is 0. The summed E-state index contributed by atoms with van der Waals surface area (Å²) in [6.45, 7) is 2.22. The van der Waals surface area contributed by atoms with Crippen LogP contribution in [-0.4, -0.2) is 28.2 Å². The van der Waals surface area contributed by atoms with Gasteiger partial charge >= 0.3 is 0 Å². The van der Waals surface area contributed by atoms with Crippen LogP contribution in [0.15, 0.2) is 0 Å². The largest absolute Gasteiger partial charge is 0.396 e. The normalized spacial score (nSPS) is 11.3. The molecule has 0 spiro atoms. The lowest BCUT2D eigenvalue weighted by atomic mass is 9.96. The van der Waals surface area contributed by atoms with Gasteiger partial charge in [-0.1, -0.05) is 0 Å². The van der Waals surface area contributed by atoms with E-state index in [1.54, 1.807) is 0 Å². The number of hydrogen-bond donors (Lipinski definition) is 1. The number of carbonyl (C=O) groups excluding carboxylic acids is 2. The van der Waals surface area contributed by atoms with Crippen LogP contribution in [0.3, 0.4) is 0 Å². The number of ketones is 2. The summed E-state index contributed by atoms with van der Waals surface area (Å²) in [5, 5.41) is 8.51. The van der Waals surface area contributed by atoms with Crippen molar-refractivity contribution in [2.75, 3.05) is 6.61 Å². The van der Waals surface area contributed by atoms with Gasteiger partial charge in [-0.15, -0.1) is 11.6 Å². The molecular weight excluding hydrogens is 168 g/mol. The van der Waals surface area contributed by atoms with E-state index >= 15 is 0 Å². The fraction of sp³-hybridized carbons (Fsp3) is 0.714. The summed E-state index contributed by atoms with van der Waals surface area (Å²) in [5.74, 6) is -0.832. The Balaban J connectivity index is 4.52. The van der Waals surface area contributed by atoms with E-state index in [-0.39, 0.29) is 13.0 Å². The molecule has 0 rings (SSSR count). The third kappa shape index (κ3) is 2.27. The summed E-state index contributed by atoms with van der Waals surface area (Å²) >= 11 is 5.65. The van der Waals surface area contributed by atoms with Crippen molar-refractivity contribution >= 4 is 23.2 Å². The van der Waals surface area contributed by atoms with Crippen LogP contribution >= 0.6 is 11.6 Å². The molecule has 11 heavy (non-hydrogen) atoms. The molecule has 0 saturated carbocycles. The average Bonchev–Trinajstić information content (AvgIpc) is 1.87. The predicted octanol–water partition coefficient (Wildman–Crippen LogP) is 0.524. The predicted molar refractivity (Wildman–Crippen MR) is 41.6 cm³/mol. The molecule has 0 heterocycles. The second kappa shape index (κ2) is 3.83. The Bertz CT molecular complexity index is 163. The summed E-state index contributed by atoms with van der Waals surface area (Å²) in [4.78, 5) is 20.2. The Morgan fingerprint density at radius 1 is 1.36 bits per heavy atom. The van der Waals surface area contributed by atoms with Gasteiger partial charge in [0.05, 0.1) is 0 Å². The van der Waals surface area contributed by atoms with E-state index in [1.165, 1.54) is 13.8 Å². The van der Waals surface area contributed by atoms with Crippen molar-refractivity contribution < 1.29 is 14.7 Å². The number of aliphatic hydroxyl groups excluding tert-OH is 1. The minimum absolute atomic E-state index is 0.0147. The second-order valence-electron chi connectivity index (χ2n) is 2.39. The molecule has 0 aromatic carbocycles. The maximum Gasteiger partial charge on any atom is 0.162 e. The summed E-state index contributed by atoms with van der Waals surface area (Å²) in [5.41, 5.74) is 0. The van der Waals surface area contributed by atoms with Crippen molar-refractivity contribution in [1.29, 1.82) is 0 Å². The highest BCUT2D eigenvalue weighted by Gasteiger charge is 2.37. The van der Waals surface area contributed by atoms with Crippen molar-refractivity contribution in [2.24, 2.45) is 0 Å². The molecule has 0 radical (unpaired) electrons. The van der Waals surface area contributed by atoms with E-state index in [9.17, 15) is 9.59 Å². The zero-order valence-electron chi connectivity index (χ0n) is 6.56. The second-order valence-corrected chi connectivity index (χ2v) is 3.03. The molecule has 0 amide bonds. The number of halogens is 1. The number of aliphatic hydroxyl groups is 1. The van der Waals surface area contributed by atoms with Gasteiger partial charge in [0.2, 0.25) is 0 Å². The van der Waals surface area contributed by atoms with Gasteiger partial charge in [-0.3, -0.25) is 9.59 Å². The number of rotatable bonds is 4. The molecule has 0 aliphatic rings. The van der Waals surface area contributed by atoms with E-state index < -0.39 is 16.4 Å². The third-order valence-electron chi connectivity index (χ3n) is 1.57. The zero-order valence-corrected chi connectivity index (χ0v) is 7.31. The van der Waals surface area contributed by atoms with Crippen LogP contribution in [0.25, 0.3) is 0 Å². The molecular formula is C7H11ClO3. The fourth-order valence-electron chi connectivity index (χ4n) is 0.754. The van der Waals surface area contributed by atoms with Crippen LogP contribution in [0, 0.1) is 0 Å². The Hall–Kier alpha value is -0.410. The van der Waals surface area contributed by atoms with Gasteiger partial charge in [0, 0.05) is 13.0 Å². The minimum atomic E-state index is -1.51. The van der Waals surface area contributed by atoms with E-state index in [2.05, 4.69) is 0 Å². The van der Waals surface area contributed by atoms with Crippen LogP contribution in [0.5, 0.6) is 0 Å². The minimum Gasteiger partial charge on any atom is -0.396 e. The lowest BCUT2D eigenvalue weighted by molar-refractivity contribution is -0.129. The highest BCUT2D eigenvalue weighted by Crippen LogP contribution is 2.21. The van der Waals surface area contributed by atoms with Crippen molar-refractivity contribution in [2.45, 2.75) is 25.1 Å². The zero-order chi connectivity index (χ0) is 9.07. The van der Waals surface area contributed by atoms with Crippen molar-refractivity contribution in [3.63, 3.8) is 0 Å². The Morgan fingerprint density at radius 2 is 1.73 bits per heavy atom. The van der Waals surface area contributed by atoms with Crippen LogP contribution in [-0.2, 0) is 9.59 Å². The standard InChI is InChI=1S/C7H11ClO3/c1-5(10)7(8,3-4-9)6(2)11/h9H,3-4H2,1-2H3. The Kier molecular flexibility index (Phi) is 3.69. The molecule has 64 valence electrons. The molecule has 1 N–H and O–H groups in total. The average molecular weight is 179 g/mol. The molecule has 0 aliphatic carbocycles. The van der Waals surface area contributed by atoms with Crippen molar-refractivity contribution in [3.05, 3.63) is 0 Å². The highest BCUT2D eigenvalue weighted by molar-refractivity contribution is 6.46. The molecule has 3 nitrogen and oxygen atoms in total. The molecule has 4 heteroatoms. The molecule has 0 aromatic rings. The molecule has 0 aromatic heterocycles. The summed E-state index contributed by atoms with van der Waals surface area (Å²) in [6.07, 6.45) is -0.0147. The lowest BCUT2D eigenvalue weighted by Crippen LogP contribution is -2.39. The number of alkyl halides is 1. The summed E-state index contributed by atoms with van der Waals surface area (Å²) in [6, 6.07) is 0. The lowest BCUT2D eigenvalue weighted by Gasteiger charge is -2.18. The first-order valence-corrected chi connectivity index (χ1v) is 3.64. The maximum atomic E-state index is 10.8. The first-order chi connectivity index (χ1) is 4.95. The van der Waals surface area contributed by atoms with Gasteiger partial charge in [-0.05, 0) is 13.8 Å². The molecule has 0 fully saturated rings. The topological polar surface area (TPSA) is 54.4 Å². The Labute approximate surface area is 70.3 Å². The van der Waals surface area contributed by atoms with Gasteiger partial charge < -0.3 is 5.11 Å². The number of hydrogen-bond acceptors (Lipinski definition) is 3. The molecule has 0 unspecified atom stereocenters. The van der Waals surface area contributed by atoms with Crippen molar-refractivity contribution in [1.82, 2.24) is 0 Å². The SMILES string of the molecule is CC(=O)C(Cl)(CCO)C(C)=O. The van der Waals surface area contributed by atoms with Gasteiger partial charge in [-0.25, -0.2) is 0 Å². The van der Waals surface area contributed by atoms with Gasteiger partial charge in [0.1, 0.15) is 0 Å². The Morgan fingerprint density at radius 3 is 1.82 bits per heavy atom. The van der Waals surface area contributed by atoms with Crippen LogP contribution < -0.4 is 0 Å². The van der Waals surface area contributed by atoms with Crippen LogP contribution in [0.4, 0.5) is 0 Å². The van der Waals surface area contributed by atoms with Gasteiger partial charge in [0.25, 0.3) is 0 Å². The monoisotopic (exact) mass is 178 g/mol. The molecule has 0 atom stereocenters. The number of carbonyl (C=O) groups is 2. The smallest absolute Gasteiger partial charge is 0.162 e. The molecule has 0 bridgehead atoms. The summed E-state index contributed by atoms with van der Waals surface area (Å²) in [7, 11) is 0.